The second kappa shape index (κ2) is 7.63. The molecule has 1 N–H and O–H groups in total. The van der Waals surface area contributed by atoms with Gasteiger partial charge < -0.3 is 9.87 Å². The van der Waals surface area contributed by atoms with Crippen molar-refractivity contribution < 1.29 is 47.3 Å². The molecule has 0 saturated heterocycles. The van der Waals surface area contributed by atoms with Crippen LogP contribution in [0.25, 0.3) is 0 Å². The summed E-state index contributed by atoms with van der Waals surface area (Å²) in [5.41, 5.74) is 0.485. The number of carbonyl (C=O) groups excluding carboxylic acids is 1. The molecule has 0 aliphatic carbocycles. The zero-order valence-electron chi connectivity index (χ0n) is 8.84. The standard InChI is InChI=1S/C8H8ClNO4S2.Na/c9-6-1-3-7(4-2-6)10-8(11)5-15-16(12,13)14;/h1-4H,5H2,(H,10,11)(H,12,13,14);/q;+1/p-1. The predicted octanol–water partition coefficient (Wildman–Crippen LogP) is -1.52. The van der Waals surface area contributed by atoms with Crippen LogP contribution < -0.4 is 34.9 Å². The van der Waals surface area contributed by atoms with Crippen LogP contribution in [0, 0.1) is 0 Å². The first-order valence-corrected chi connectivity index (χ1v) is 7.31. The van der Waals surface area contributed by atoms with Gasteiger partial charge in [0.05, 0.1) is 5.75 Å². The molecule has 0 fully saturated rings. The number of nitrogens with one attached hydrogen (secondary N) is 1. The van der Waals surface area contributed by atoms with Crippen molar-refractivity contribution in [3.05, 3.63) is 29.3 Å². The molecule has 17 heavy (non-hydrogen) atoms. The number of benzene rings is 1. The largest absolute Gasteiger partial charge is 1.00 e. The van der Waals surface area contributed by atoms with Gasteiger partial charge in [0.15, 0.2) is 0 Å². The van der Waals surface area contributed by atoms with Crippen LogP contribution in [0.2, 0.25) is 5.02 Å². The summed E-state index contributed by atoms with van der Waals surface area (Å²) in [6.45, 7) is 0. The van der Waals surface area contributed by atoms with Crippen LogP contribution in [0.1, 0.15) is 0 Å². The van der Waals surface area contributed by atoms with E-state index in [-0.39, 0.29) is 40.4 Å². The van der Waals surface area contributed by atoms with Crippen LogP contribution in [0.3, 0.4) is 0 Å². The van der Waals surface area contributed by atoms with E-state index in [1.165, 1.54) is 0 Å². The first kappa shape index (κ1) is 17.2. The maximum atomic E-state index is 11.2. The first-order valence-electron chi connectivity index (χ1n) is 4.02. The number of amides is 1. The van der Waals surface area contributed by atoms with Gasteiger partial charge >= 0.3 is 29.6 Å². The Bertz CT molecular complexity index is 477. The number of anilines is 1. The fraction of sp³-hybridized carbons (Fsp3) is 0.125. The van der Waals surface area contributed by atoms with Crippen LogP contribution >= 0.6 is 22.4 Å². The Labute approximate surface area is 130 Å². The molecule has 0 radical (unpaired) electrons. The molecule has 88 valence electrons. The molecule has 0 heterocycles. The average molecular weight is 304 g/mol. The quantitative estimate of drug-likeness (QED) is 0.415. The third-order valence-electron chi connectivity index (χ3n) is 1.46. The Morgan fingerprint density at radius 2 is 1.88 bits per heavy atom. The zero-order chi connectivity index (χ0) is 12.2. The summed E-state index contributed by atoms with van der Waals surface area (Å²) in [6, 6.07) is 6.29. The predicted molar refractivity (Wildman–Crippen MR) is 62.2 cm³/mol. The van der Waals surface area contributed by atoms with E-state index in [9.17, 15) is 17.8 Å². The minimum Gasteiger partial charge on any atom is -0.739 e. The molecule has 0 atom stereocenters. The zero-order valence-corrected chi connectivity index (χ0v) is 13.2. The van der Waals surface area contributed by atoms with Crippen LogP contribution in [0.5, 0.6) is 0 Å². The van der Waals surface area contributed by atoms with Crippen molar-refractivity contribution >= 4 is 43.1 Å². The smallest absolute Gasteiger partial charge is 0.739 e. The summed E-state index contributed by atoms with van der Waals surface area (Å²) < 4.78 is 30.7. The Morgan fingerprint density at radius 3 is 2.35 bits per heavy atom. The van der Waals surface area contributed by atoms with Crippen molar-refractivity contribution in [2.24, 2.45) is 0 Å². The molecule has 9 heteroatoms. The molecule has 1 aromatic carbocycles. The first-order chi connectivity index (χ1) is 7.37. The summed E-state index contributed by atoms with van der Waals surface area (Å²) in [5, 5.41) is 2.94. The van der Waals surface area contributed by atoms with Crippen LogP contribution in [0.15, 0.2) is 24.3 Å². The molecule has 1 amide bonds. The third-order valence-corrected chi connectivity index (χ3v) is 3.60. The average Bonchev–Trinajstić information content (AvgIpc) is 2.18. The Balaban J connectivity index is 0.00000256. The molecule has 0 aliphatic heterocycles. The van der Waals surface area contributed by atoms with Gasteiger partial charge in [-0.05, 0) is 35.1 Å². The van der Waals surface area contributed by atoms with Gasteiger partial charge in [0, 0.05) is 10.7 Å². The van der Waals surface area contributed by atoms with Gasteiger partial charge in [0.1, 0.15) is 9.15 Å². The molecule has 0 saturated carbocycles. The maximum absolute atomic E-state index is 11.2. The topological polar surface area (TPSA) is 86.3 Å². The molecule has 1 rings (SSSR count). The normalized spacial score (nSPS) is 10.5. The van der Waals surface area contributed by atoms with E-state index in [1.807, 2.05) is 0 Å². The van der Waals surface area contributed by atoms with Crippen LogP contribution in [0.4, 0.5) is 5.69 Å². The van der Waals surface area contributed by atoms with Crippen LogP contribution in [-0.4, -0.2) is 24.6 Å². The van der Waals surface area contributed by atoms with E-state index in [2.05, 4.69) is 5.32 Å². The van der Waals surface area contributed by atoms with Gasteiger partial charge in [-0.1, -0.05) is 11.6 Å². The Hall–Kier alpha value is 0.240. The maximum Gasteiger partial charge on any atom is 1.00 e. The van der Waals surface area contributed by atoms with Crippen molar-refractivity contribution in [2.75, 3.05) is 11.1 Å². The van der Waals surface area contributed by atoms with Gasteiger partial charge in [-0.25, -0.2) is 8.42 Å². The summed E-state index contributed by atoms with van der Waals surface area (Å²) >= 11 is 5.63. The number of carbonyl (C=O) groups is 1. The summed E-state index contributed by atoms with van der Waals surface area (Å²) in [7, 11) is -4.39. The molecule has 0 aliphatic rings. The fourth-order valence-corrected chi connectivity index (χ4v) is 2.06. The van der Waals surface area contributed by atoms with Gasteiger partial charge in [0.2, 0.25) is 5.91 Å². The summed E-state index contributed by atoms with van der Waals surface area (Å²) in [4.78, 5) is 11.2. The molecule has 0 spiro atoms. The third kappa shape index (κ3) is 8.04. The number of hydrogen-bond donors (Lipinski definition) is 1. The monoisotopic (exact) mass is 303 g/mol. The van der Waals surface area contributed by atoms with E-state index in [0.29, 0.717) is 10.7 Å². The second-order valence-electron chi connectivity index (χ2n) is 2.73. The van der Waals surface area contributed by atoms with E-state index >= 15 is 0 Å². The van der Waals surface area contributed by atoms with E-state index in [0.717, 1.165) is 0 Å². The Morgan fingerprint density at radius 1 is 1.35 bits per heavy atom. The minimum atomic E-state index is -4.43. The number of hydrogen-bond acceptors (Lipinski definition) is 5. The van der Waals surface area contributed by atoms with Gasteiger partial charge in [-0.2, -0.15) is 0 Å². The molecule has 5 nitrogen and oxygen atoms in total. The van der Waals surface area contributed by atoms with Gasteiger partial charge in [-0.15, -0.1) is 0 Å². The second-order valence-corrected chi connectivity index (χ2v) is 6.43. The summed E-state index contributed by atoms with van der Waals surface area (Å²) in [5.74, 6) is -0.999. The molecule has 1 aromatic rings. The molecular formula is C8H7ClNNaO4S2. The number of rotatable bonds is 4. The summed E-state index contributed by atoms with van der Waals surface area (Å²) in [6.07, 6.45) is 0. The van der Waals surface area contributed by atoms with Crippen molar-refractivity contribution in [3.63, 3.8) is 0 Å². The van der Waals surface area contributed by atoms with Crippen LogP contribution in [-0.2, 0) is 13.9 Å². The molecule has 0 aromatic heterocycles. The van der Waals surface area contributed by atoms with Gasteiger partial charge in [0.25, 0.3) is 0 Å². The fourth-order valence-electron chi connectivity index (χ4n) is 0.856. The molecule has 0 unspecified atom stereocenters. The van der Waals surface area contributed by atoms with Crippen molar-refractivity contribution in [3.8, 4) is 0 Å². The van der Waals surface area contributed by atoms with E-state index < -0.39 is 20.8 Å². The van der Waals surface area contributed by atoms with E-state index in [4.69, 9.17) is 11.6 Å². The minimum absolute atomic E-state index is 0. The van der Waals surface area contributed by atoms with Crippen molar-refractivity contribution in [1.82, 2.24) is 0 Å². The number of halogens is 1. The van der Waals surface area contributed by atoms with Gasteiger partial charge in [-0.3, -0.25) is 4.79 Å². The molecule has 0 bridgehead atoms. The Kier molecular flexibility index (Phi) is 7.73. The SMILES string of the molecule is O=C(CSS(=O)(=O)[O-])Nc1ccc(Cl)cc1.[Na+]. The van der Waals surface area contributed by atoms with E-state index in [1.54, 1.807) is 24.3 Å². The molecular weight excluding hydrogens is 297 g/mol. The van der Waals surface area contributed by atoms with Crippen molar-refractivity contribution in [1.29, 1.82) is 0 Å². The van der Waals surface area contributed by atoms with Crippen molar-refractivity contribution in [2.45, 2.75) is 0 Å².